The van der Waals surface area contributed by atoms with Gasteiger partial charge in [0.05, 0.1) is 5.75 Å². The maximum Gasteiger partial charge on any atom is 0.488 e. The van der Waals surface area contributed by atoms with Crippen molar-refractivity contribution in [3.8, 4) is 0 Å². The Morgan fingerprint density at radius 3 is 1.81 bits per heavy atom. The van der Waals surface area contributed by atoms with Crippen LogP contribution in [0.3, 0.4) is 0 Å². The van der Waals surface area contributed by atoms with Gasteiger partial charge < -0.3 is 0 Å². The fraction of sp³-hybridized carbons (Fsp3) is 0.200. The van der Waals surface area contributed by atoms with Crippen molar-refractivity contribution in [3.05, 3.63) is 73.3 Å². The van der Waals surface area contributed by atoms with Gasteiger partial charge >= 0.3 is 6.35 Å². The normalized spacial score (nSPS) is 11.5. The first-order chi connectivity index (χ1) is 9.98. The Morgan fingerprint density at radius 2 is 1.43 bits per heavy atom. The van der Waals surface area contributed by atoms with Crippen LogP contribution in [0.4, 0.5) is 0 Å². The zero-order valence-corrected chi connectivity index (χ0v) is 12.6. The molecule has 0 saturated heterocycles. The molecule has 2 heterocycles. The molecule has 0 saturated carbocycles. The van der Waals surface area contributed by atoms with E-state index >= 15 is 0 Å². The predicted molar refractivity (Wildman–Crippen MR) is 77.4 cm³/mol. The summed E-state index contributed by atoms with van der Waals surface area (Å²) in [5.41, 5.74) is 0.532. The molecule has 2 aromatic heterocycles. The first-order valence-electron chi connectivity index (χ1n) is 6.45. The lowest BCUT2D eigenvalue weighted by Gasteiger charge is -2.08. The molecule has 110 valence electrons. The molecule has 6 heteroatoms. The summed E-state index contributed by atoms with van der Waals surface area (Å²) >= 11 is 0. The molecule has 0 amide bonds. The van der Waals surface area contributed by atoms with E-state index in [-0.39, 0.29) is 5.75 Å². The number of nitrogens with zero attached hydrogens (tertiary/aromatic N) is 2. The van der Waals surface area contributed by atoms with Crippen molar-refractivity contribution in [1.82, 2.24) is 0 Å². The molecular formula is C15H18N2O3S+2. The van der Waals surface area contributed by atoms with E-state index in [4.69, 9.17) is 4.18 Å². The molecule has 0 aromatic carbocycles. The van der Waals surface area contributed by atoms with Gasteiger partial charge in [-0.25, -0.2) is 0 Å². The number of rotatable bonds is 6. The van der Waals surface area contributed by atoms with Gasteiger partial charge in [0.25, 0.3) is 10.1 Å². The van der Waals surface area contributed by atoms with Gasteiger partial charge in [0.15, 0.2) is 24.8 Å². The smallest absolute Gasteiger partial charge is 0.199 e. The molecule has 5 nitrogen and oxygen atoms in total. The lowest BCUT2D eigenvalue weighted by atomic mass is 10.4. The lowest BCUT2D eigenvalue weighted by molar-refractivity contribution is -0.977. The molecule has 0 atom stereocenters. The molecule has 0 bridgehead atoms. The van der Waals surface area contributed by atoms with Crippen LogP contribution in [-0.2, 0) is 14.3 Å². The molecule has 0 aliphatic carbocycles. The molecular weight excluding hydrogens is 288 g/mol. The molecule has 2 aromatic rings. The highest BCUT2D eigenvalue weighted by molar-refractivity contribution is 7.86. The van der Waals surface area contributed by atoms with Crippen molar-refractivity contribution in [2.75, 3.05) is 5.75 Å². The minimum Gasteiger partial charge on any atom is -0.199 e. The molecule has 0 unspecified atom stereocenters. The van der Waals surface area contributed by atoms with Gasteiger partial charge in [0.1, 0.15) is 0 Å². The molecule has 0 aliphatic rings. The van der Waals surface area contributed by atoms with E-state index in [2.05, 4.69) is 6.58 Å². The number of hydrogen-bond acceptors (Lipinski definition) is 3. The molecule has 0 radical (unpaired) electrons. The van der Waals surface area contributed by atoms with E-state index < -0.39 is 16.5 Å². The topological polar surface area (TPSA) is 51.1 Å². The van der Waals surface area contributed by atoms with E-state index in [1.807, 2.05) is 36.4 Å². The number of pyridine rings is 2. The molecule has 0 fully saturated rings. The van der Waals surface area contributed by atoms with E-state index in [1.165, 1.54) is 0 Å². The fourth-order valence-corrected chi connectivity index (χ4v) is 2.97. The monoisotopic (exact) mass is 306 g/mol. The Balaban J connectivity index is 2.36. The van der Waals surface area contributed by atoms with Gasteiger partial charge in [0.2, 0.25) is 0 Å². The second kappa shape index (κ2) is 6.60. The number of hydrogen-bond donors (Lipinski definition) is 0. The van der Waals surface area contributed by atoms with Gasteiger partial charge in [-0.3, -0.25) is 0 Å². The van der Waals surface area contributed by atoms with Crippen LogP contribution in [0.15, 0.2) is 73.3 Å². The van der Waals surface area contributed by atoms with Crippen molar-refractivity contribution < 1.29 is 21.7 Å². The van der Waals surface area contributed by atoms with Gasteiger partial charge in [-0.05, 0) is 6.92 Å². The van der Waals surface area contributed by atoms with Crippen molar-refractivity contribution in [1.29, 1.82) is 0 Å². The quantitative estimate of drug-likeness (QED) is 0.458. The zero-order valence-electron chi connectivity index (χ0n) is 11.8. The Kier molecular flexibility index (Phi) is 4.82. The van der Waals surface area contributed by atoms with Crippen molar-refractivity contribution in [2.24, 2.45) is 0 Å². The van der Waals surface area contributed by atoms with E-state index in [0.717, 1.165) is 0 Å². The van der Waals surface area contributed by atoms with Crippen LogP contribution in [0.5, 0.6) is 0 Å². The molecule has 0 spiro atoms. The fourth-order valence-electron chi connectivity index (χ4n) is 1.84. The molecule has 0 N–H and O–H groups in total. The van der Waals surface area contributed by atoms with Crippen molar-refractivity contribution in [2.45, 2.75) is 13.3 Å². The van der Waals surface area contributed by atoms with Gasteiger partial charge in [-0.15, -0.1) is 13.3 Å². The van der Waals surface area contributed by atoms with Gasteiger partial charge in [-0.1, -0.05) is 24.3 Å². The second-order valence-electron chi connectivity index (χ2n) is 4.73. The van der Waals surface area contributed by atoms with Gasteiger partial charge in [-0.2, -0.15) is 8.42 Å². The Morgan fingerprint density at radius 1 is 1.00 bits per heavy atom. The largest absolute Gasteiger partial charge is 0.488 e. The third-order valence-electron chi connectivity index (χ3n) is 2.64. The maximum absolute atomic E-state index is 12.1. The SMILES string of the molecule is C=C(C)CS(=O)(=O)OC([n+]1ccccc1)[n+]1ccccc1. The Hall–Kier alpha value is -2.05. The minimum atomic E-state index is -3.72. The molecule has 0 aliphatic heterocycles. The predicted octanol–water partition coefficient (Wildman–Crippen LogP) is 1.19. The molecule has 21 heavy (non-hydrogen) atoms. The lowest BCUT2D eigenvalue weighted by Crippen LogP contribution is -2.58. The summed E-state index contributed by atoms with van der Waals surface area (Å²) in [6, 6.07) is 10.9. The first kappa shape index (κ1) is 15.3. The third kappa shape index (κ3) is 4.47. The van der Waals surface area contributed by atoms with Crippen LogP contribution >= 0.6 is 0 Å². The highest BCUT2D eigenvalue weighted by atomic mass is 32.2. The van der Waals surface area contributed by atoms with Crippen molar-refractivity contribution >= 4 is 10.1 Å². The second-order valence-corrected chi connectivity index (χ2v) is 6.32. The Labute approximate surface area is 124 Å². The van der Waals surface area contributed by atoms with Crippen LogP contribution in [0.2, 0.25) is 0 Å². The van der Waals surface area contributed by atoms with E-state index in [1.54, 1.807) is 40.8 Å². The zero-order chi connectivity index (χ0) is 15.3. The van der Waals surface area contributed by atoms with Crippen LogP contribution in [0, 0.1) is 0 Å². The minimum absolute atomic E-state index is 0.204. The standard InChI is InChI=1S/C15H18N2O3S/c1-14(2)13-21(18,19)20-15(16-9-5-3-6-10-16)17-11-7-4-8-12-17/h3-12,15H,1,13H2,2H3/q+2. The summed E-state index contributed by atoms with van der Waals surface area (Å²) in [7, 11) is -3.72. The van der Waals surface area contributed by atoms with E-state index in [0.29, 0.717) is 5.57 Å². The summed E-state index contributed by atoms with van der Waals surface area (Å²) in [5, 5.41) is 0. The number of aromatic nitrogens is 2. The summed E-state index contributed by atoms with van der Waals surface area (Å²) in [4.78, 5) is 0. The average molecular weight is 306 g/mol. The maximum atomic E-state index is 12.1. The van der Waals surface area contributed by atoms with Gasteiger partial charge in [0, 0.05) is 24.3 Å². The van der Waals surface area contributed by atoms with Crippen LogP contribution in [0.25, 0.3) is 0 Å². The van der Waals surface area contributed by atoms with E-state index in [9.17, 15) is 8.42 Å². The first-order valence-corrected chi connectivity index (χ1v) is 8.02. The average Bonchev–Trinajstić information content (AvgIpc) is 2.45. The van der Waals surface area contributed by atoms with Crippen LogP contribution in [-0.4, -0.2) is 14.2 Å². The summed E-state index contributed by atoms with van der Waals surface area (Å²) in [5.74, 6) is -0.204. The van der Waals surface area contributed by atoms with Crippen LogP contribution < -0.4 is 9.13 Å². The summed E-state index contributed by atoms with van der Waals surface area (Å²) in [6.45, 7) is 5.27. The van der Waals surface area contributed by atoms with Crippen LogP contribution in [0.1, 0.15) is 13.3 Å². The Bertz CT molecular complexity index is 661. The summed E-state index contributed by atoms with van der Waals surface area (Å²) in [6.07, 6.45) is 6.20. The third-order valence-corrected chi connectivity index (χ3v) is 3.95. The summed E-state index contributed by atoms with van der Waals surface area (Å²) < 4.78 is 32.9. The van der Waals surface area contributed by atoms with Crippen molar-refractivity contribution in [3.63, 3.8) is 0 Å². The highest BCUT2D eigenvalue weighted by Crippen LogP contribution is 2.06. The highest BCUT2D eigenvalue weighted by Gasteiger charge is 2.34. The molecule has 2 rings (SSSR count).